The van der Waals surface area contributed by atoms with Crippen LogP contribution in [0.1, 0.15) is 57.2 Å². The number of carbonyl (C=O) groups is 2. The zero-order chi connectivity index (χ0) is 15.9. The number of hydrogen-bond donors (Lipinski definition) is 2. The Morgan fingerprint density at radius 2 is 2.09 bits per heavy atom. The van der Waals surface area contributed by atoms with E-state index < -0.39 is 11.9 Å². The van der Waals surface area contributed by atoms with E-state index in [1.54, 1.807) is 4.68 Å². The van der Waals surface area contributed by atoms with E-state index in [9.17, 15) is 14.7 Å². The number of rotatable bonds is 5. The first-order chi connectivity index (χ1) is 10.5. The molecule has 1 unspecified atom stereocenters. The van der Waals surface area contributed by atoms with Gasteiger partial charge in [0.05, 0.1) is 23.7 Å². The van der Waals surface area contributed by atoms with Crippen LogP contribution in [0.15, 0.2) is 6.20 Å². The molecule has 3 rings (SSSR count). The third-order valence-electron chi connectivity index (χ3n) is 4.59. The smallest absolute Gasteiger partial charge is 0.306 e. The second-order valence-electron chi connectivity index (χ2n) is 6.74. The quantitative estimate of drug-likeness (QED) is 0.855. The molecule has 0 saturated heterocycles. The van der Waals surface area contributed by atoms with Gasteiger partial charge in [-0.05, 0) is 25.7 Å². The highest BCUT2D eigenvalue weighted by molar-refractivity contribution is 5.78. The number of amides is 1. The molecule has 1 amide bonds. The molecule has 2 aliphatic carbocycles. The van der Waals surface area contributed by atoms with Crippen molar-refractivity contribution in [3.8, 4) is 0 Å². The summed E-state index contributed by atoms with van der Waals surface area (Å²) in [5.41, 5.74) is 0.979. The number of aromatic nitrogens is 3. The summed E-state index contributed by atoms with van der Waals surface area (Å²) in [7, 11) is 0. The highest BCUT2D eigenvalue weighted by Gasteiger charge is 2.41. The average Bonchev–Trinajstić information content (AvgIpc) is 3.04. The highest BCUT2D eigenvalue weighted by atomic mass is 16.4. The van der Waals surface area contributed by atoms with E-state index >= 15 is 0 Å². The van der Waals surface area contributed by atoms with E-state index in [4.69, 9.17) is 0 Å². The Labute approximate surface area is 129 Å². The number of nitrogens with zero attached hydrogens (tertiary/aromatic N) is 3. The van der Waals surface area contributed by atoms with Crippen molar-refractivity contribution in [3.05, 3.63) is 11.9 Å². The molecule has 1 aromatic rings. The van der Waals surface area contributed by atoms with Gasteiger partial charge in [0.25, 0.3) is 0 Å². The van der Waals surface area contributed by atoms with Crippen LogP contribution in [0.2, 0.25) is 0 Å². The molecule has 22 heavy (non-hydrogen) atoms. The maximum absolute atomic E-state index is 12.0. The first kappa shape index (κ1) is 15.0. The predicted molar refractivity (Wildman–Crippen MR) is 78.2 cm³/mol. The van der Waals surface area contributed by atoms with Crippen molar-refractivity contribution in [3.63, 3.8) is 0 Å². The molecule has 7 nitrogen and oxygen atoms in total. The van der Waals surface area contributed by atoms with Crippen LogP contribution in [0.5, 0.6) is 0 Å². The molecule has 2 saturated carbocycles. The standard InChI is InChI=1S/C15H22N4O3/c1-8(2)14(20)16-11-5-10(15(21)22)6-13(11)19-7-12(17-18-19)9-3-4-9/h7-11,13H,3-6H2,1-2H3,(H,16,20)(H,21,22)/t10?,11-,13+/m1/s1. The molecule has 0 spiro atoms. The van der Waals surface area contributed by atoms with Gasteiger partial charge in [-0.1, -0.05) is 19.1 Å². The van der Waals surface area contributed by atoms with Gasteiger partial charge in [0.1, 0.15) is 0 Å². The maximum atomic E-state index is 12.0. The molecular formula is C15H22N4O3. The van der Waals surface area contributed by atoms with Crippen LogP contribution in [-0.2, 0) is 9.59 Å². The van der Waals surface area contributed by atoms with Crippen molar-refractivity contribution < 1.29 is 14.7 Å². The zero-order valence-electron chi connectivity index (χ0n) is 12.9. The first-order valence-electron chi connectivity index (χ1n) is 7.90. The van der Waals surface area contributed by atoms with E-state index in [0.29, 0.717) is 18.8 Å². The Balaban J connectivity index is 1.77. The SMILES string of the molecule is CC(C)C(=O)N[C@@H]1CC(C(=O)O)C[C@@H]1n1cc(C2CC2)nn1. The second-order valence-corrected chi connectivity index (χ2v) is 6.74. The van der Waals surface area contributed by atoms with E-state index in [1.807, 2.05) is 20.0 Å². The summed E-state index contributed by atoms with van der Waals surface area (Å²) in [4.78, 5) is 23.3. The van der Waals surface area contributed by atoms with Crippen LogP contribution < -0.4 is 5.32 Å². The van der Waals surface area contributed by atoms with Crippen LogP contribution in [0, 0.1) is 11.8 Å². The van der Waals surface area contributed by atoms with E-state index in [1.165, 1.54) is 0 Å². The Kier molecular flexibility index (Phi) is 3.88. The molecule has 2 N–H and O–H groups in total. The minimum Gasteiger partial charge on any atom is -0.481 e. The first-order valence-corrected chi connectivity index (χ1v) is 7.90. The monoisotopic (exact) mass is 306 g/mol. The zero-order valence-corrected chi connectivity index (χ0v) is 12.9. The molecule has 2 fully saturated rings. The third kappa shape index (κ3) is 2.98. The lowest BCUT2D eigenvalue weighted by Gasteiger charge is -2.21. The lowest BCUT2D eigenvalue weighted by molar-refractivity contribution is -0.141. The summed E-state index contributed by atoms with van der Waals surface area (Å²) in [5, 5.41) is 20.6. The fourth-order valence-corrected chi connectivity index (χ4v) is 3.03. The van der Waals surface area contributed by atoms with E-state index in [0.717, 1.165) is 18.5 Å². The van der Waals surface area contributed by atoms with Crippen molar-refractivity contribution in [2.45, 2.75) is 57.5 Å². The van der Waals surface area contributed by atoms with Gasteiger partial charge in [0.2, 0.25) is 5.91 Å². The van der Waals surface area contributed by atoms with Crippen molar-refractivity contribution in [1.29, 1.82) is 0 Å². The summed E-state index contributed by atoms with van der Waals surface area (Å²) >= 11 is 0. The number of nitrogens with one attached hydrogen (secondary N) is 1. The summed E-state index contributed by atoms with van der Waals surface area (Å²) in [6, 6.07) is -0.339. The minimum absolute atomic E-state index is 0.0522. The number of carbonyl (C=O) groups excluding carboxylic acids is 1. The number of carboxylic acid groups (broad SMARTS) is 1. The molecule has 3 atom stereocenters. The van der Waals surface area contributed by atoms with Crippen molar-refractivity contribution in [1.82, 2.24) is 20.3 Å². The van der Waals surface area contributed by atoms with Gasteiger partial charge in [-0.25, -0.2) is 4.68 Å². The molecule has 1 aromatic heterocycles. The van der Waals surface area contributed by atoms with Gasteiger partial charge < -0.3 is 10.4 Å². The van der Waals surface area contributed by atoms with Gasteiger partial charge in [-0.3, -0.25) is 9.59 Å². The Hall–Kier alpha value is -1.92. The topological polar surface area (TPSA) is 97.1 Å². The van der Waals surface area contributed by atoms with E-state index in [2.05, 4.69) is 15.6 Å². The lowest BCUT2D eigenvalue weighted by atomic mass is 10.1. The maximum Gasteiger partial charge on any atom is 0.306 e. The van der Waals surface area contributed by atoms with Crippen LogP contribution in [0.3, 0.4) is 0 Å². The average molecular weight is 306 g/mol. The number of carboxylic acids is 1. The summed E-state index contributed by atoms with van der Waals surface area (Å²) < 4.78 is 1.75. The third-order valence-corrected chi connectivity index (χ3v) is 4.59. The summed E-state index contributed by atoms with van der Waals surface area (Å²) in [5.74, 6) is -0.926. The minimum atomic E-state index is -0.811. The molecule has 0 radical (unpaired) electrons. The van der Waals surface area contributed by atoms with Gasteiger partial charge in [-0.15, -0.1) is 5.10 Å². The molecule has 0 aromatic carbocycles. The Morgan fingerprint density at radius 3 is 2.68 bits per heavy atom. The molecular weight excluding hydrogens is 284 g/mol. The van der Waals surface area contributed by atoms with Crippen LogP contribution in [0.25, 0.3) is 0 Å². The Morgan fingerprint density at radius 1 is 1.36 bits per heavy atom. The summed E-state index contributed by atoms with van der Waals surface area (Å²) in [6.45, 7) is 3.66. The van der Waals surface area contributed by atoms with Gasteiger partial charge in [0, 0.05) is 18.0 Å². The fraction of sp³-hybridized carbons (Fsp3) is 0.733. The fourth-order valence-electron chi connectivity index (χ4n) is 3.03. The van der Waals surface area contributed by atoms with Crippen LogP contribution in [0.4, 0.5) is 0 Å². The normalized spacial score (nSPS) is 28.0. The van der Waals surface area contributed by atoms with Crippen LogP contribution >= 0.6 is 0 Å². The molecule has 120 valence electrons. The van der Waals surface area contributed by atoms with E-state index in [-0.39, 0.29) is 23.9 Å². The van der Waals surface area contributed by atoms with Gasteiger partial charge in [0.15, 0.2) is 0 Å². The van der Waals surface area contributed by atoms with Crippen molar-refractivity contribution in [2.75, 3.05) is 0 Å². The number of aliphatic carboxylic acids is 1. The predicted octanol–water partition coefficient (Wildman–Crippen LogP) is 1.33. The van der Waals surface area contributed by atoms with Crippen molar-refractivity contribution in [2.24, 2.45) is 11.8 Å². The molecule has 0 aliphatic heterocycles. The van der Waals surface area contributed by atoms with Crippen LogP contribution in [-0.4, -0.2) is 38.0 Å². The lowest BCUT2D eigenvalue weighted by Crippen LogP contribution is -2.40. The largest absolute Gasteiger partial charge is 0.481 e. The second kappa shape index (κ2) is 5.70. The summed E-state index contributed by atoms with van der Waals surface area (Å²) in [6.07, 6.45) is 5.13. The molecule has 1 heterocycles. The van der Waals surface area contributed by atoms with Gasteiger partial charge in [-0.2, -0.15) is 0 Å². The van der Waals surface area contributed by atoms with Crippen molar-refractivity contribution >= 4 is 11.9 Å². The molecule has 7 heteroatoms. The molecule has 2 aliphatic rings. The molecule has 0 bridgehead atoms. The Bertz CT molecular complexity index is 579. The van der Waals surface area contributed by atoms with Gasteiger partial charge >= 0.3 is 5.97 Å². The number of hydrogen-bond acceptors (Lipinski definition) is 4. The highest BCUT2D eigenvalue weighted by Crippen LogP contribution is 2.40.